The van der Waals surface area contributed by atoms with Crippen molar-refractivity contribution in [3.05, 3.63) is 52.6 Å². The first-order valence-corrected chi connectivity index (χ1v) is 10.8. The standard InChI is InChI=1S/C22H21NO4S2/c1-26-21(25)15-7-5-6-14(12-15)18-11-10-17(27-18)13-19-20(24)23(22(28)29-19)16-8-3-2-4-9-16/h5-7,10-13,16H,2-4,8-9H2,1H3/b19-13+. The van der Waals surface area contributed by atoms with Crippen molar-refractivity contribution in [2.24, 2.45) is 0 Å². The third-order valence-corrected chi connectivity index (χ3v) is 6.56. The van der Waals surface area contributed by atoms with Gasteiger partial charge in [0.2, 0.25) is 0 Å². The van der Waals surface area contributed by atoms with Gasteiger partial charge in [0.05, 0.1) is 17.6 Å². The highest BCUT2D eigenvalue weighted by atomic mass is 32.2. The number of furan rings is 1. The van der Waals surface area contributed by atoms with E-state index in [0.29, 0.717) is 26.3 Å². The highest BCUT2D eigenvalue weighted by molar-refractivity contribution is 8.26. The molecule has 29 heavy (non-hydrogen) atoms. The van der Waals surface area contributed by atoms with Crippen LogP contribution in [0.15, 0.2) is 45.7 Å². The molecule has 5 nitrogen and oxygen atoms in total. The second-order valence-corrected chi connectivity index (χ2v) is 8.79. The normalized spacial score (nSPS) is 19.2. The van der Waals surface area contributed by atoms with Crippen molar-refractivity contribution in [1.29, 1.82) is 0 Å². The molecular weight excluding hydrogens is 406 g/mol. The van der Waals surface area contributed by atoms with Gasteiger partial charge in [0.25, 0.3) is 5.91 Å². The fourth-order valence-corrected chi connectivity index (χ4v) is 5.15. The van der Waals surface area contributed by atoms with Crippen LogP contribution in [0.1, 0.15) is 48.2 Å². The van der Waals surface area contributed by atoms with E-state index in [9.17, 15) is 9.59 Å². The van der Waals surface area contributed by atoms with Crippen LogP contribution in [-0.4, -0.2) is 34.2 Å². The maximum Gasteiger partial charge on any atom is 0.337 e. The number of hydrogen-bond donors (Lipinski definition) is 0. The predicted octanol–water partition coefficient (Wildman–Crippen LogP) is 5.27. The van der Waals surface area contributed by atoms with Gasteiger partial charge in [0.1, 0.15) is 15.8 Å². The van der Waals surface area contributed by atoms with E-state index < -0.39 is 5.97 Å². The molecule has 150 valence electrons. The van der Waals surface area contributed by atoms with Crippen LogP contribution >= 0.6 is 24.0 Å². The lowest BCUT2D eigenvalue weighted by Crippen LogP contribution is -2.39. The molecule has 1 saturated carbocycles. The Labute approximate surface area is 179 Å². The van der Waals surface area contributed by atoms with Gasteiger partial charge in [-0.25, -0.2) is 4.79 Å². The van der Waals surface area contributed by atoms with E-state index in [1.165, 1.54) is 25.3 Å². The number of hydrogen-bond acceptors (Lipinski definition) is 6. The van der Waals surface area contributed by atoms with Crippen LogP contribution in [0.4, 0.5) is 0 Å². The Kier molecular flexibility index (Phi) is 5.87. The van der Waals surface area contributed by atoms with E-state index in [-0.39, 0.29) is 11.9 Å². The molecule has 2 heterocycles. The maximum absolute atomic E-state index is 12.9. The summed E-state index contributed by atoms with van der Waals surface area (Å²) in [6, 6.07) is 10.9. The lowest BCUT2D eigenvalue weighted by Gasteiger charge is -2.29. The summed E-state index contributed by atoms with van der Waals surface area (Å²) in [6.07, 6.45) is 7.30. The Morgan fingerprint density at radius 1 is 1.24 bits per heavy atom. The number of carbonyl (C=O) groups is 2. The Balaban J connectivity index is 1.54. The first-order valence-electron chi connectivity index (χ1n) is 9.62. The fourth-order valence-electron chi connectivity index (χ4n) is 3.77. The number of carbonyl (C=O) groups excluding carboxylic acids is 2. The topological polar surface area (TPSA) is 59.8 Å². The Morgan fingerprint density at radius 2 is 2.03 bits per heavy atom. The van der Waals surface area contributed by atoms with Gasteiger partial charge in [-0.15, -0.1) is 0 Å². The second-order valence-electron chi connectivity index (χ2n) is 7.12. The minimum atomic E-state index is -0.398. The molecule has 2 fully saturated rings. The van der Waals surface area contributed by atoms with E-state index in [1.807, 2.05) is 18.2 Å². The average molecular weight is 428 g/mol. The number of thioether (sulfide) groups is 1. The zero-order valence-electron chi connectivity index (χ0n) is 16.1. The zero-order chi connectivity index (χ0) is 20.4. The summed E-state index contributed by atoms with van der Waals surface area (Å²) in [5, 5.41) is 0. The molecular formula is C22H21NO4S2. The van der Waals surface area contributed by atoms with E-state index in [0.717, 1.165) is 31.2 Å². The van der Waals surface area contributed by atoms with Crippen LogP contribution < -0.4 is 0 Å². The number of benzene rings is 1. The van der Waals surface area contributed by atoms with Crippen LogP contribution in [-0.2, 0) is 9.53 Å². The van der Waals surface area contributed by atoms with E-state index in [1.54, 1.807) is 29.2 Å². The summed E-state index contributed by atoms with van der Waals surface area (Å²) < 4.78 is 11.3. The van der Waals surface area contributed by atoms with Gasteiger partial charge in [-0.05, 0) is 37.1 Å². The minimum absolute atomic E-state index is 0.0301. The SMILES string of the molecule is COC(=O)c1cccc(-c2ccc(/C=C3/SC(=S)N(C4CCCCC4)C3=O)o2)c1. The quantitative estimate of drug-likeness (QED) is 0.376. The van der Waals surface area contributed by atoms with Gasteiger partial charge in [-0.2, -0.15) is 0 Å². The van der Waals surface area contributed by atoms with Crippen molar-refractivity contribution in [2.75, 3.05) is 7.11 Å². The number of ether oxygens (including phenoxy) is 1. The van der Waals surface area contributed by atoms with Crippen molar-refractivity contribution in [2.45, 2.75) is 38.1 Å². The molecule has 1 amide bonds. The molecule has 7 heteroatoms. The number of amides is 1. The molecule has 4 rings (SSSR count). The molecule has 0 bridgehead atoms. The van der Waals surface area contributed by atoms with Crippen LogP contribution in [0.3, 0.4) is 0 Å². The largest absolute Gasteiger partial charge is 0.465 e. The van der Waals surface area contributed by atoms with Crippen LogP contribution in [0.2, 0.25) is 0 Å². The van der Waals surface area contributed by atoms with Gasteiger partial charge in [-0.3, -0.25) is 9.69 Å². The molecule has 0 atom stereocenters. The molecule has 2 aromatic rings. The van der Waals surface area contributed by atoms with Crippen LogP contribution in [0.25, 0.3) is 17.4 Å². The van der Waals surface area contributed by atoms with Gasteiger partial charge < -0.3 is 9.15 Å². The molecule has 1 aromatic carbocycles. The smallest absolute Gasteiger partial charge is 0.337 e. The van der Waals surface area contributed by atoms with Crippen LogP contribution in [0, 0.1) is 0 Å². The predicted molar refractivity (Wildman–Crippen MR) is 117 cm³/mol. The molecule has 1 aliphatic carbocycles. The van der Waals surface area contributed by atoms with Gasteiger partial charge >= 0.3 is 5.97 Å². The lowest BCUT2D eigenvalue weighted by molar-refractivity contribution is -0.124. The third-order valence-electron chi connectivity index (χ3n) is 5.23. The fraction of sp³-hybridized carbons (Fsp3) is 0.318. The molecule has 1 aliphatic heterocycles. The summed E-state index contributed by atoms with van der Waals surface area (Å²) in [6.45, 7) is 0. The molecule has 0 spiro atoms. The highest BCUT2D eigenvalue weighted by Crippen LogP contribution is 2.37. The summed E-state index contributed by atoms with van der Waals surface area (Å²) in [7, 11) is 1.35. The molecule has 0 N–H and O–H groups in total. The monoisotopic (exact) mass is 427 g/mol. The first-order chi connectivity index (χ1) is 14.1. The van der Waals surface area contributed by atoms with E-state index in [4.69, 9.17) is 21.4 Å². The summed E-state index contributed by atoms with van der Waals surface area (Å²) >= 11 is 6.81. The van der Waals surface area contributed by atoms with Crippen molar-refractivity contribution in [3.63, 3.8) is 0 Å². The molecule has 0 unspecified atom stereocenters. The van der Waals surface area contributed by atoms with Crippen molar-refractivity contribution >= 4 is 46.3 Å². The molecule has 2 aliphatic rings. The van der Waals surface area contributed by atoms with Gasteiger partial charge in [0.15, 0.2) is 0 Å². The second kappa shape index (κ2) is 8.55. The highest BCUT2D eigenvalue weighted by Gasteiger charge is 2.37. The van der Waals surface area contributed by atoms with Crippen LogP contribution in [0.5, 0.6) is 0 Å². The summed E-state index contributed by atoms with van der Waals surface area (Å²) in [4.78, 5) is 27.0. The number of rotatable bonds is 4. The summed E-state index contributed by atoms with van der Waals surface area (Å²) in [5.74, 6) is 0.764. The third kappa shape index (κ3) is 4.16. The minimum Gasteiger partial charge on any atom is -0.465 e. The Morgan fingerprint density at radius 3 is 2.79 bits per heavy atom. The van der Waals surface area contributed by atoms with Gasteiger partial charge in [-0.1, -0.05) is 55.4 Å². The van der Waals surface area contributed by atoms with E-state index >= 15 is 0 Å². The summed E-state index contributed by atoms with van der Waals surface area (Å²) in [5.41, 5.74) is 1.22. The van der Waals surface area contributed by atoms with Gasteiger partial charge in [0, 0.05) is 17.7 Å². The van der Waals surface area contributed by atoms with Crippen molar-refractivity contribution in [1.82, 2.24) is 4.90 Å². The zero-order valence-corrected chi connectivity index (χ0v) is 17.7. The Hall–Kier alpha value is -2.38. The Bertz CT molecular complexity index is 988. The maximum atomic E-state index is 12.9. The number of thiocarbonyl (C=S) groups is 1. The van der Waals surface area contributed by atoms with Crippen molar-refractivity contribution in [3.8, 4) is 11.3 Å². The lowest BCUT2D eigenvalue weighted by atomic mass is 9.94. The first kappa shape index (κ1) is 19.9. The molecule has 1 aromatic heterocycles. The molecule has 1 saturated heterocycles. The average Bonchev–Trinajstić information content (AvgIpc) is 3.32. The van der Waals surface area contributed by atoms with Crippen molar-refractivity contribution < 1.29 is 18.7 Å². The number of esters is 1. The number of methoxy groups -OCH3 is 1. The number of nitrogens with zero attached hydrogens (tertiary/aromatic N) is 1. The van der Waals surface area contributed by atoms with E-state index in [2.05, 4.69) is 0 Å². The molecule has 0 radical (unpaired) electrons.